The molecule has 0 aliphatic rings. The lowest BCUT2D eigenvalue weighted by Gasteiger charge is -2.13. The second kappa shape index (κ2) is 2.93. The molecule has 60 valence electrons. The SMILES string of the molecule is Cc1cc(C)cc(N(C)N)c1. The highest BCUT2D eigenvalue weighted by atomic mass is 15.4. The molecular formula is C9H14N2. The van der Waals surface area contributed by atoms with Crippen molar-refractivity contribution in [2.45, 2.75) is 13.8 Å². The van der Waals surface area contributed by atoms with Crippen molar-refractivity contribution in [2.75, 3.05) is 12.1 Å². The van der Waals surface area contributed by atoms with Crippen LogP contribution in [-0.2, 0) is 0 Å². The molecule has 0 aromatic heterocycles. The van der Waals surface area contributed by atoms with E-state index in [1.807, 2.05) is 7.05 Å². The van der Waals surface area contributed by atoms with Crippen LogP contribution in [0.15, 0.2) is 18.2 Å². The molecule has 11 heavy (non-hydrogen) atoms. The van der Waals surface area contributed by atoms with E-state index in [1.54, 1.807) is 5.01 Å². The van der Waals surface area contributed by atoms with Crippen LogP contribution in [0.4, 0.5) is 5.69 Å². The molecule has 0 bridgehead atoms. The molecule has 2 heteroatoms. The van der Waals surface area contributed by atoms with Gasteiger partial charge in [0.05, 0.1) is 5.69 Å². The second-order valence-electron chi connectivity index (χ2n) is 2.96. The van der Waals surface area contributed by atoms with Crippen LogP contribution in [0.5, 0.6) is 0 Å². The first-order valence-corrected chi connectivity index (χ1v) is 3.66. The minimum absolute atomic E-state index is 1.06. The molecule has 0 aliphatic heterocycles. The highest BCUT2D eigenvalue weighted by Crippen LogP contribution is 2.14. The van der Waals surface area contributed by atoms with Gasteiger partial charge in [-0.25, -0.2) is 5.84 Å². The molecule has 0 saturated heterocycles. The summed E-state index contributed by atoms with van der Waals surface area (Å²) >= 11 is 0. The molecule has 2 nitrogen and oxygen atoms in total. The first-order chi connectivity index (χ1) is 5.09. The predicted molar refractivity (Wildman–Crippen MR) is 48.5 cm³/mol. The fourth-order valence-electron chi connectivity index (χ4n) is 1.15. The third-order valence-corrected chi connectivity index (χ3v) is 1.61. The van der Waals surface area contributed by atoms with Gasteiger partial charge in [-0.3, -0.25) is 0 Å². The average molecular weight is 150 g/mol. The number of nitrogens with zero attached hydrogens (tertiary/aromatic N) is 1. The number of aryl methyl sites for hydroxylation is 2. The molecule has 0 aliphatic carbocycles. The van der Waals surface area contributed by atoms with E-state index in [4.69, 9.17) is 5.84 Å². The summed E-state index contributed by atoms with van der Waals surface area (Å²) in [6, 6.07) is 6.26. The van der Waals surface area contributed by atoms with Gasteiger partial charge in [-0.1, -0.05) is 6.07 Å². The number of hydrogen-bond donors (Lipinski definition) is 1. The summed E-state index contributed by atoms with van der Waals surface area (Å²) in [6.07, 6.45) is 0. The summed E-state index contributed by atoms with van der Waals surface area (Å²) < 4.78 is 0. The number of hydrazine groups is 1. The van der Waals surface area contributed by atoms with Gasteiger partial charge in [-0.2, -0.15) is 0 Å². The molecule has 1 aromatic carbocycles. The number of hydrogen-bond acceptors (Lipinski definition) is 2. The summed E-state index contributed by atoms with van der Waals surface area (Å²) in [5, 5.41) is 1.62. The maximum Gasteiger partial charge on any atom is 0.0519 e. The summed E-state index contributed by atoms with van der Waals surface area (Å²) in [7, 11) is 1.84. The maximum absolute atomic E-state index is 5.58. The minimum atomic E-state index is 1.06. The monoisotopic (exact) mass is 150 g/mol. The normalized spacial score (nSPS) is 9.82. The zero-order chi connectivity index (χ0) is 8.43. The zero-order valence-electron chi connectivity index (χ0n) is 7.26. The third-order valence-electron chi connectivity index (χ3n) is 1.61. The van der Waals surface area contributed by atoms with Gasteiger partial charge in [-0.15, -0.1) is 0 Å². The van der Waals surface area contributed by atoms with E-state index in [9.17, 15) is 0 Å². The fraction of sp³-hybridized carbons (Fsp3) is 0.333. The molecule has 0 saturated carbocycles. The van der Waals surface area contributed by atoms with Crippen LogP contribution in [0, 0.1) is 13.8 Å². The summed E-state index contributed by atoms with van der Waals surface area (Å²) in [4.78, 5) is 0. The van der Waals surface area contributed by atoms with Gasteiger partial charge >= 0.3 is 0 Å². The lowest BCUT2D eigenvalue weighted by atomic mass is 10.1. The lowest BCUT2D eigenvalue weighted by molar-refractivity contribution is 1.01. The van der Waals surface area contributed by atoms with E-state index in [1.165, 1.54) is 11.1 Å². The Labute approximate surface area is 67.6 Å². The fourth-order valence-corrected chi connectivity index (χ4v) is 1.15. The Morgan fingerprint density at radius 1 is 1.09 bits per heavy atom. The quantitative estimate of drug-likeness (QED) is 0.487. The van der Waals surface area contributed by atoms with Crippen molar-refractivity contribution in [1.82, 2.24) is 0 Å². The van der Waals surface area contributed by atoms with Crippen molar-refractivity contribution in [3.8, 4) is 0 Å². The predicted octanol–water partition coefficient (Wildman–Crippen LogP) is 1.61. The molecule has 0 radical (unpaired) electrons. The Morgan fingerprint density at radius 3 is 1.91 bits per heavy atom. The largest absolute Gasteiger partial charge is 0.314 e. The van der Waals surface area contributed by atoms with Crippen molar-refractivity contribution in [1.29, 1.82) is 0 Å². The molecular weight excluding hydrogens is 136 g/mol. The molecule has 0 amide bonds. The Kier molecular flexibility index (Phi) is 2.15. The van der Waals surface area contributed by atoms with Gasteiger partial charge in [0, 0.05) is 7.05 Å². The summed E-state index contributed by atoms with van der Waals surface area (Å²) in [5.74, 6) is 5.58. The van der Waals surface area contributed by atoms with Crippen molar-refractivity contribution >= 4 is 5.69 Å². The second-order valence-corrected chi connectivity index (χ2v) is 2.96. The van der Waals surface area contributed by atoms with Gasteiger partial charge in [-0.05, 0) is 37.1 Å². The number of anilines is 1. The van der Waals surface area contributed by atoms with E-state index in [2.05, 4.69) is 32.0 Å². The molecule has 0 fully saturated rings. The number of benzene rings is 1. The number of rotatable bonds is 1. The molecule has 0 atom stereocenters. The Balaban J connectivity index is 3.08. The van der Waals surface area contributed by atoms with Crippen molar-refractivity contribution in [3.63, 3.8) is 0 Å². The maximum atomic E-state index is 5.58. The smallest absolute Gasteiger partial charge is 0.0519 e. The lowest BCUT2D eigenvalue weighted by Crippen LogP contribution is -2.25. The van der Waals surface area contributed by atoms with Crippen LogP contribution in [0.25, 0.3) is 0 Å². The Bertz CT molecular complexity index is 233. The van der Waals surface area contributed by atoms with E-state index >= 15 is 0 Å². The Morgan fingerprint density at radius 2 is 1.55 bits per heavy atom. The van der Waals surface area contributed by atoms with Crippen molar-refractivity contribution < 1.29 is 0 Å². The van der Waals surface area contributed by atoms with E-state index in [0.29, 0.717) is 0 Å². The molecule has 2 N–H and O–H groups in total. The van der Waals surface area contributed by atoms with Crippen LogP contribution < -0.4 is 10.9 Å². The third kappa shape index (κ3) is 1.95. The molecule has 1 aromatic rings. The topological polar surface area (TPSA) is 29.3 Å². The van der Waals surface area contributed by atoms with Gasteiger partial charge in [0.1, 0.15) is 0 Å². The molecule has 1 rings (SSSR count). The van der Waals surface area contributed by atoms with E-state index in [0.717, 1.165) is 5.69 Å². The van der Waals surface area contributed by atoms with Crippen molar-refractivity contribution in [3.05, 3.63) is 29.3 Å². The molecule has 0 spiro atoms. The van der Waals surface area contributed by atoms with Crippen molar-refractivity contribution in [2.24, 2.45) is 5.84 Å². The highest BCUT2D eigenvalue weighted by molar-refractivity contribution is 5.48. The van der Waals surface area contributed by atoms with Crippen LogP contribution in [0.1, 0.15) is 11.1 Å². The standard InChI is InChI=1S/C9H14N2/c1-7-4-8(2)6-9(5-7)11(3)10/h4-6H,10H2,1-3H3. The van der Waals surface area contributed by atoms with Gasteiger partial charge < -0.3 is 5.01 Å². The first kappa shape index (κ1) is 8.08. The van der Waals surface area contributed by atoms with Gasteiger partial charge in [0.25, 0.3) is 0 Å². The minimum Gasteiger partial charge on any atom is -0.314 e. The first-order valence-electron chi connectivity index (χ1n) is 3.66. The van der Waals surface area contributed by atoms with E-state index in [-0.39, 0.29) is 0 Å². The number of nitrogens with two attached hydrogens (primary N) is 1. The average Bonchev–Trinajstić information content (AvgIpc) is 1.85. The Hall–Kier alpha value is -1.02. The summed E-state index contributed by atoms with van der Waals surface area (Å²) in [5.41, 5.74) is 3.55. The van der Waals surface area contributed by atoms with E-state index < -0.39 is 0 Å². The van der Waals surface area contributed by atoms with Gasteiger partial charge in [0.2, 0.25) is 0 Å². The van der Waals surface area contributed by atoms with Crippen LogP contribution in [0.3, 0.4) is 0 Å². The molecule has 0 heterocycles. The van der Waals surface area contributed by atoms with Crippen LogP contribution >= 0.6 is 0 Å². The summed E-state index contributed by atoms with van der Waals surface area (Å²) in [6.45, 7) is 4.14. The highest BCUT2D eigenvalue weighted by Gasteiger charge is 1.96. The zero-order valence-corrected chi connectivity index (χ0v) is 7.26. The van der Waals surface area contributed by atoms with Crippen LogP contribution in [0.2, 0.25) is 0 Å². The van der Waals surface area contributed by atoms with Crippen LogP contribution in [-0.4, -0.2) is 7.05 Å². The molecule has 0 unspecified atom stereocenters. The van der Waals surface area contributed by atoms with Gasteiger partial charge in [0.15, 0.2) is 0 Å².